The highest BCUT2D eigenvalue weighted by molar-refractivity contribution is 8.13. The lowest BCUT2D eigenvalue weighted by atomic mass is 9.95. The number of anilines is 1. The van der Waals surface area contributed by atoms with E-state index in [-0.39, 0.29) is 15.4 Å². The summed E-state index contributed by atoms with van der Waals surface area (Å²) >= 11 is 0. The first-order valence-corrected chi connectivity index (χ1v) is 13.7. The molecule has 0 aromatic heterocycles. The highest BCUT2D eigenvalue weighted by Gasteiger charge is 2.26. The molecule has 1 heterocycles. The van der Waals surface area contributed by atoms with E-state index in [9.17, 15) is 8.42 Å². The fourth-order valence-corrected chi connectivity index (χ4v) is 6.46. The molecule has 1 aliphatic carbocycles. The Bertz CT molecular complexity index is 1450. The summed E-state index contributed by atoms with van der Waals surface area (Å²) in [6.45, 7) is 0. The minimum atomic E-state index is -3.76. The Hall–Kier alpha value is -2.41. The van der Waals surface area contributed by atoms with E-state index >= 15 is 0 Å². The van der Waals surface area contributed by atoms with E-state index < -0.39 is 9.05 Å². The predicted molar refractivity (Wildman–Crippen MR) is 134 cm³/mol. The molecule has 2 aromatic rings. The van der Waals surface area contributed by atoms with Gasteiger partial charge in [0, 0.05) is 59.1 Å². The molecule has 0 N–H and O–H groups in total. The predicted octanol–water partition coefficient (Wildman–Crippen LogP) is 4.92. The first kappa shape index (κ1) is 21.8. The molecule has 4 rings (SSSR count). The van der Waals surface area contributed by atoms with Crippen LogP contribution in [0.15, 0.2) is 65.6 Å². The van der Waals surface area contributed by atoms with Crippen molar-refractivity contribution in [1.29, 1.82) is 0 Å². The van der Waals surface area contributed by atoms with Gasteiger partial charge in [-0.25, -0.2) is 13.0 Å². The molecule has 4 nitrogen and oxygen atoms in total. The van der Waals surface area contributed by atoms with E-state index in [1.807, 2.05) is 40.3 Å². The zero-order chi connectivity index (χ0) is 22.5. The zero-order valence-corrected chi connectivity index (χ0v) is 20.6. The van der Waals surface area contributed by atoms with Gasteiger partial charge in [0.25, 0.3) is 9.05 Å². The lowest BCUT2D eigenvalue weighted by molar-refractivity contribution is 0.609. The Morgan fingerprint density at radius 3 is 2.19 bits per heavy atom. The summed E-state index contributed by atoms with van der Waals surface area (Å²) in [5.41, 5.74) is 4.43. The Labute approximate surface area is 190 Å². The van der Waals surface area contributed by atoms with E-state index in [1.165, 1.54) is 20.5 Å². The van der Waals surface area contributed by atoms with Crippen LogP contribution in [-0.2, 0) is 15.3 Å². The smallest absolute Gasteiger partial charge is 0.261 e. The molecule has 0 bridgehead atoms. The van der Waals surface area contributed by atoms with E-state index in [2.05, 4.69) is 52.1 Å². The molecule has 1 atom stereocenters. The summed E-state index contributed by atoms with van der Waals surface area (Å²) in [6, 6.07) is 20.0. The second-order valence-corrected chi connectivity index (χ2v) is 12.5. The van der Waals surface area contributed by atoms with Crippen LogP contribution < -0.4 is 14.8 Å². The minimum Gasteiger partial charge on any atom is -0.377 e. The van der Waals surface area contributed by atoms with Crippen molar-refractivity contribution in [3.8, 4) is 21.6 Å². The van der Waals surface area contributed by atoms with E-state index in [1.54, 1.807) is 12.1 Å². The van der Waals surface area contributed by atoms with E-state index in [0.717, 1.165) is 22.2 Å². The largest absolute Gasteiger partial charge is 0.377 e. The van der Waals surface area contributed by atoms with Gasteiger partial charge in [0.1, 0.15) is 20.4 Å². The van der Waals surface area contributed by atoms with Gasteiger partial charge in [0.2, 0.25) is 5.36 Å². The van der Waals surface area contributed by atoms with Gasteiger partial charge in [0.05, 0.1) is 11.0 Å². The van der Waals surface area contributed by atoms with Crippen LogP contribution in [0.25, 0.3) is 31.7 Å². The molecule has 160 valence electrons. The third-order valence-electron chi connectivity index (χ3n) is 5.59. The maximum atomic E-state index is 11.7. The monoisotopic (exact) mass is 472 g/mol. The number of rotatable bonds is 3. The number of hydrogen-bond acceptors (Lipinski definition) is 3. The van der Waals surface area contributed by atoms with Crippen LogP contribution in [0, 0.1) is 0 Å². The number of fused-ring (bicyclic) bond motifs is 2. The summed E-state index contributed by atoms with van der Waals surface area (Å²) in [5.74, 6) is 0. The van der Waals surface area contributed by atoms with Gasteiger partial charge in [-0.1, -0.05) is 12.1 Å². The molecular weight excluding hydrogens is 448 g/mol. The second kappa shape index (κ2) is 7.93. The number of benzene rings is 3. The molecule has 7 heteroatoms. The van der Waals surface area contributed by atoms with E-state index in [4.69, 9.17) is 10.7 Å². The van der Waals surface area contributed by atoms with Gasteiger partial charge in [-0.3, -0.25) is 0 Å². The summed E-state index contributed by atoms with van der Waals surface area (Å²) in [7, 11) is 9.87. The normalized spacial score (nSPS) is 12.4. The van der Waals surface area contributed by atoms with Gasteiger partial charge >= 0.3 is 0 Å². The van der Waals surface area contributed by atoms with Gasteiger partial charge in [-0.15, -0.1) is 0 Å². The SMILES string of the molecule is CN(C)c1ccc2c(-c3ccc(S(=O)(=O)Cl)cc3)c3ccc(=[N+](C)C)cc-3[s+](C)c2c1. The fraction of sp³-hybridized carbons (Fsp3) is 0.208. The summed E-state index contributed by atoms with van der Waals surface area (Å²) in [6.07, 6.45) is 2.27. The van der Waals surface area contributed by atoms with Crippen molar-refractivity contribution in [2.24, 2.45) is 6.26 Å². The Balaban J connectivity index is 2.14. The molecule has 0 radical (unpaired) electrons. The standard InChI is InChI=1S/C24H25ClN2O2S2/c1-26(2)17-8-12-20-22(14-17)30(5)23-15-18(27(3)4)9-13-21(23)24(20)16-6-10-19(11-7-16)31(25,28)29/h6-15H,1-5H3/q+2. The first-order valence-electron chi connectivity index (χ1n) is 9.79. The number of nitrogens with zero attached hydrogens (tertiary/aromatic N) is 2. The molecule has 0 saturated carbocycles. The van der Waals surface area contributed by atoms with Crippen molar-refractivity contribution in [3.63, 3.8) is 0 Å². The molecule has 0 spiro atoms. The third kappa shape index (κ3) is 3.95. The van der Waals surface area contributed by atoms with Crippen LogP contribution in [-0.4, -0.2) is 36.6 Å². The van der Waals surface area contributed by atoms with Crippen LogP contribution in [0.3, 0.4) is 0 Å². The van der Waals surface area contributed by atoms with Crippen LogP contribution in [0.4, 0.5) is 5.69 Å². The maximum Gasteiger partial charge on any atom is 0.261 e. The Morgan fingerprint density at radius 1 is 0.935 bits per heavy atom. The third-order valence-corrected chi connectivity index (χ3v) is 8.95. The molecule has 2 aliphatic rings. The van der Waals surface area contributed by atoms with Gasteiger partial charge in [-0.05, 0) is 46.4 Å². The molecular formula is C24H25ClN2O2S2+2. The van der Waals surface area contributed by atoms with Crippen LogP contribution in [0.1, 0.15) is 0 Å². The number of aryl methyl sites for hydroxylation is 1. The summed E-state index contributed by atoms with van der Waals surface area (Å²) < 4.78 is 26.8. The van der Waals surface area contributed by atoms with Crippen molar-refractivity contribution in [2.45, 2.75) is 4.90 Å². The van der Waals surface area contributed by atoms with Gasteiger partial charge in [-0.2, -0.15) is 0 Å². The number of halogens is 1. The molecule has 0 saturated heterocycles. The highest BCUT2D eigenvalue weighted by Crippen LogP contribution is 2.48. The van der Waals surface area contributed by atoms with E-state index in [0.29, 0.717) is 0 Å². The van der Waals surface area contributed by atoms with Crippen molar-refractivity contribution < 1.29 is 8.42 Å². The summed E-state index contributed by atoms with van der Waals surface area (Å²) in [5, 5.41) is 2.34. The van der Waals surface area contributed by atoms with Crippen molar-refractivity contribution in [2.75, 3.05) is 33.1 Å². The lowest BCUT2D eigenvalue weighted by Gasteiger charge is -2.16. The van der Waals surface area contributed by atoms with Gasteiger partial charge < -0.3 is 4.90 Å². The molecule has 2 aromatic carbocycles. The topological polar surface area (TPSA) is 40.4 Å². The first-order chi connectivity index (χ1) is 14.6. The van der Waals surface area contributed by atoms with Crippen molar-refractivity contribution >= 4 is 46.0 Å². The lowest BCUT2D eigenvalue weighted by Crippen LogP contribution is -2.21. The highest BCUT2D eigenvalue weighted by atomic mass is 35.7. The average Bonchev–Trinajstić information content (AvgIpc) is 2.73. The second-order valence-electron chi connectivity index (χ2n) is 8.00. The minimum absolute atomic E-state index is 0.0978. The zero-order valence-electron chi connectivity index (χ0n) is 18.2. The van der Waals surface area contributed by atoms with Crippen LogP contribution >= 0.6 is 21.2 Å². The van der Waals surface area contributed by atoms with Crippen LogP contribution in [0.2, 0.25) is 0 Å². The molecule has 0 fully saturated rings. The Morgan fingerprint density at radius 2 is 1.61 bits per heavy atom. The molecule has 31 heavy (non-hydrogen) atoms. The van der Waals surface area contributed by atoms with Crippen molar-refractivity contribution in [3.05, 3.63) is 66.0 Å². The molecule has 1 aliphatic heterocycles. The molecule has 1 unspecified atom stereocenters. The van der Waals surface area contributed by atoms with Crippen molar-refractivity contribution in [1.82, 2.24) is 4.58 Å². The molecule has 0 amide bonds. The van der Waals surface area contributed by atoms with Crippen LogP contribution in [0.5, 0.6) is 0 Å². The number of hydrogen-bond donors (Lipinski definition) is 0. The maximum absolute atomic E-state index is 11.7. The van der Waals surface area contributed by atoms with Gasteiger partial charge in [0.15, 0.2) is 9.58 Å². The fourth-order valence-electron chi connectivity index (χ4n) is 3.86. The average molecular weight is 473 g/mol. The summed E-state index contributed by atoms with van der Waals surface area (Å²) in [4.78, 5) is 3.51. The Kier molecular flexibility index (Phi) is 5.58. The quantitative estimate of drug-likeness (QED) is 0.184.